The third-order valence-electron chi connectivity index (χ3n) is 5.50. The lowest BCUT2D eigenvalue weighted by molar-refractivity contribution is -0.192. The SMILES string of the molecule is Cc1cc(C)c(Nc2nc(C)c3c(n2)N(Cc2ccccc2)CC3)c(C)c1.O=C(O)C(F)(F)F. The van der Waals surface area contributed by atoms with Gasteiger partial charge in [-0.15, -0.1) is 0 Å². The Morgan fingerprint density at radius 3 is 2.21 bits per heavy atom. The summed E-state index contributed by atoms with van der Waals surface area (Å²) >= 11 is 0. The Balaban J connectivity index is 0.000000406. The number of carboxylic acids is 1. The van der Waals surface area contributed by atoms with Crippen molar-refractivity contribution < 1.29 is 23.1 Å². The molecule has 1 aromatic heterocycles. The zero-order chi connectivity index (χ0) is 25.0. The van der Waals surface area contributed by atoms with Gasteiger partial charge in [0.2, 0.25) is 5.95 Å². The van der Waals surface area contributed by atoms with Crippen LogP contribution in [-0.4, -0.2) is 33.8 Å². The number of carboxylic acid groups (broad SMARTS) is 1. The molecule has 4 rings (SSSR count). The second-order valence-electron chi connectivity index (χ2n) is 8.29. The van der Waals surface area contributed by atoms with E-state index in [2.05, 4.69) is 80.4 Å². The molecule has 6 nitrogen and oxygen atoms in total. The minimum absolute atomic E-state index is 0.682. The number of aromatic nitrogens is 2. The minimum Gasteiger partial charge on any atom is -0.475 e. The largest absolute Gasteiger partial charge is 0.490 e. The molecular weight excluding hydrogens is 445 g/mol. The topological polar surface area (TPSA) is 78.4 Å². The third kappa shape index (κ3) is 6.03. The van der Waals surface area contributed by atoms with E-state index in [4.69, 9.17) is 19.9 Å². The van der Waals surface area contributed by atoms with Crippen molar-refractivity contribution in [2.75, 3.05) is 16.8 Å². The summed E-state index contributed by atoms with van der Waals surface area (Å²) in [6.45, 7) is 10.3. The van der Waals surface area contributed by atoms with Gasteiger partial charge in [-0.25, -0.2) is 9.78 Å². The van der Waals surface area contributed by atoms with E-state index in [9.17, 15) is 13.2 Å². The average Bonchev–Trinajstić information content (AvgIpc) is 3.14. The number of fused-ring (bicyclic) bond motifs is 1. The molecule has 0 aliphatic carbocycles. The number of nitrogens with zero attached hydrogens (tertiary/aromatic N) is 3. The van der Waals surface area contributed by atoms with E-state index in [0.29, 0.717) is 5.95 Å². The molecule has 1 aliphatic rings. The van der Waals surface area contributed by atoms with Crippen LogP contribution in [0.5, 0.6) is 0 Å². The van der Waals surface area contributed by atoms with E-state index in [1.165, 1.54) is 27.8 Å². The fraction of sp³-hybridized carbons (Fsp3) is 0.320. The highest BCUT2D eigenvalue weighted by atomic mass is 19.4. The lowest BCUT2D eigenvalue weighted by atomic mass is 10.1. The summed E-state index contributed by atoms with van der Waals surface area (Å²) in [7, 11) is 0. The molecule has 3 aromatic rings. The zero-order valence-electron chi connectivity index (χ0n) is 19.5. The van der Waals surface area contributed by atoms with Crippen molar-refractivity contribution in [2.45, 2.75) is 46.8 Å². The fourth-order valence-corrected chi connectivity index (χ4v) is 3.99. The van der Waals surface area contributed by atoms with Gasteiger partial charge in [0.05, 0.1) is 0 Å². The van der Waals surface area contributed by atoms with Gasteiger partial charge in [-0.3, -0.25) is 0 Å². The Hall–Kier alpha value is -3.62. The Kier molecular flexibility index (Phi) is 7.44. The molecule has 0 bridgehead atoms. The van der Waals surface area contributed by atoms with Crippen LogP contribution in [-0.2, 0) is 17.8 Å². The molecule has 0 saturated heterocycles. The molecule has 0 atom stereocenters. The molecule has 0 spiro atoms. The molecular formula is C25H27F3N4O2. The third-order valence-corrected chi connectivity index (χ3v) is 5.50. The number of aryl methyl sites for hydroxylation is 4. The number of aliphatic carboxylic acids is 1. The summed E-state index contributed by atoms with van der Waals surface area (Å²) in [6, 6.07) is 15.0. The normalized spacial score (nSPS) is 12.6. The second kappa shape index (κ2) is 10.1. The number of hydrogen-bond donors (Lipinski definition) is 2. The predicted octanol–water partition coefficient (Wildman–Crippen LogP) is 5.65. The maximum absolute atomic E-state index is 10.6. The molecule has 2 N–H and O–H groups in total. The number of alkyl halides is 3. The van der Waals surface area contributed by atoms with Gasteiger partial charge in [-0.2, -0.15) is 18.2 Å². The van der Waals surface area contributed by atoms with Crippen LogP contribution in [0.2, 0.25) is 0 Å². The number of carbonyl (C=O) groups is 1. The first-order valence-corrected chi connectivity index (χ1v) is 10.8. The van der Waals surface area contributed by atoms with E-state index in [0.717, 1.165) is 36.7 Å². The molecule has 180 valence electrons. The van der Waals surface area contributed by atoms with Crippen LogP contribution in [0.4, 0.5) is 30.6 Å². The van der Waals surface area contributed by atoms with E-state index in [1.807, 2.05) is 0 Å². The van der Waals surface area contributed by atoms with Crippen LogP contribution < -0.4 is 10.2 Å². The van der Waals surface area contributed by atoms with E-state index < -0.39 is 12.1 Å². The minimum atomic E-state index is -5.08. The van der Waals surface area contributed by atoms with Crippen molar-refractivity contribution >= 4 is 23.4 Å². The Morgan fingerprint density at radius 1 is 1.06 bits per heavy atom. The van der Waals surface area contributed by atoms with Gasteiger partial charge in [0, 0.05) is 30.0 Å². The van der Waals surface area contributed by atoms with Gasteiger partial charge in [-0.1, -0.05) is 48.0 Å². The van der Waals surface area contributed by atoms with Crippen LogP contribution in [0.15, 0.2) is 42.5 Å². The van der Waals surface area contributed by atoms with Crippen molar-refractivity contribution in [1.82, 2.24) is 9.97 Å². The molecule has 34 heavy (non-hydrogen) atoms. The number of benzene rings is 2. The van der Waals surface area contributed by atoms with Crippen molar-refractivity contribution in [1.29, 1.82) is 0 Å². The maximum atomic E-state index is 10.6. The summed E-state index contributed by atoms with van der Waals surface area (Å²) in [4.78, 5) is 20.9. The Labute approximate surface area is 196 Å². The summed E-state index contributed by atoms with van der Waals surface area (Å²) in [5, 5.41) is 10.6. The first-order chi connectivity index (χ1) is 16.0. The number of rotatable bonds is 4. The first-order valence-electron chi connectivity index (χ1n) is 10.8. The van der Waals surface area contributed by atoms with Crippen LogP contribution in [0.1, 0.15) is 33.5 Å². The van der Waals surface area contributed by atoms with Gasteiger partial charge in [0.1, 0.15) is 5.82 Å². The van der Waals surface area contributed by atoms with Gasteiger partial charge in [-0.05, 0) is 50.8 Å². The number of halogens is 3. The highest BCUT2D eigenvalue weighted by Crippen LogP contribution is 2.32. The van der Waals surface area contributed by atoms with Gasteiger partial charge >= 0.3 is 12.1 Å². The summed E-state index contributed by atoms with van der Waals surface area (Å²) in [5.74, 6) is -1.01. The second-order valence-corrected chi connectivity index (χ2v) is 8.29. The monoisotopic (exact) mass is 472 g/mol. The smallest absolute Gasteiger partial charge is 0.475 e. The van der Waals surface area contributed by atoms with Gasteiger partial charge in [0.25, 0.3) is 0 Å². The van der Waals surface area contributed by atoms with E-state index in [-0.39, 0.29) is 0 Å². The van der Waals surface area contributed by atoms with Crippen molar-refractivity contribution in [2.24, 2.45) is 0 Å². The fourth-order valence-electron chi connectivity index (χ4n) is 3.99. The van der Waals surface area contributed by atoms with E-state index >= 15 is 0 Å². The molecule has 2 aromatic carbocycles. The molecule has 0 amide bonds. The Morgan fingerprint density at radius 2 is 1.65 bits per heavy atom. The molecule has 0 radical (unpaired) electrons. The molecule has 0 saturated carbocycles. The lowest BCUT2D eigenvalue weighted by Crippen LogP contribution is -2.21. The quantitative estimate of drug-likeness (QED) is 0.511. The number of hydrogen-bond acceptors (Lipinski definition) is 5. The van der Waals surface area contributed by atoms with Crippen LogP contribution >= 0.6 is 0 Å². The average molecular weight is 473 g/mol. The van der Waals surface area contributed by atoms with Crippen LogP contribution in [0, 0.1) is 27.7 Å². The molecule has 1 aliphatic heterocycles. The number of nitrogens with one attached hydrogen (secondary N) is 1. The molecule has 2 heterocycles. The molecule has 0 unspecified atom stereocenters. The molecule has 9 heteroatoms. The zero-order valence-corrected chi connectivity index (χ0v) is 19.5. The molecule has 0 fully saturated rings. The standard InChI is InChI=1S/C23H26N4.C2HF3O2/c1-15-12-16(2)21(17(3)13-15)25-23-24-18(4)20-10-11-27(22(20)26-23)14-19-8-6-5-7-9-19;3-2(4,5)1(6)7/h5-9,12-13H,10-11,14H2,1-4H3,(H,24,25,26);(H,6,7). The van der Waals surface area contributed by atoms with E-state index in [1.54, 1.807) is 0 Å². The highest BCUT2D eigenvalue weighted by molar-refractivity contribution is 5.73. The van der Waals surface area contributed by atoms with Crippen LogP contribution in [0.25, 0.3) is 0 Å². The van der Waals surface area contributed by atoms with Gasteiger partial charge in [0.15, 0.2) is 0 Å². The highest BCUT2D eigenvalue weighted by Gasteiger charge is 2.38. The lowest BCUT2D eigenvalue weighted by Gasteiger charge is -2.20. The maximum Gasteiger partial charge on any atom is 0.490 e. The summed E-state index contributed by atoms with van der Waals surface area (Å²) in [5.41, 5.74) is 8.46. The number of anilines is 3. The van der Waals surface area contributed by atoms with Crippen molar-refractivity contribution in [3.05, 3.63) is 76.0 Å². The first kappa shape index (κ1) is 25.0. The van der Waals surface area contributed by atoms with Crippen LogP contribution in [0.3, 0.4) is 0 Å². The summed E-state index contributed by atoms with van der Waals surface area (Å²) in [6.07, 6.45) is -4.07. The van der Waals surface area contributed by atoms with Crippen molar-refractivity contribution in [3.63, 3.8) is 0 Å². The van der Waals surface area contributed by atoms with Gasteiger partial charge < -0.3 is 15.3 Å². The summed E-state index contributed by atoms with van der Waals surface area (Å²) < 4.78 is 31.7. The predicted molar refractivity (Wildman–Crippen MR) is 126 cm³/mol. The van der Waals surface area contributed by atoms with Crippen molar-refractivity contribution in [3.8, 4) is 0 Å². The Bertz CT molecular complexity index is 1160.